The van der Waals surface area contributed by atoms with Crippen molar-refractivity contribution in [3.63, 3.8) is 0 Å². The van der Waals surface area contributed by atoms with Gasteiger partial charge < -0.3 is 14.3 Å². The Balaban J connectivity index is 1.90. The van der Waals surface area contributed by atoms with Crippen LogP contribution in [0.25, 0.3) is 27.8 Å². The highest BCUT2D eigenvalue weighted by Crippen LogP contribution is 2.46. The van der Waals surface area contributed by atoms with Crippen molar-refractivity contribution in [3.8, 4) is 16.9 Å². The number of benzene rings is 2. The zero-order valence-corrected chi connectivity index (χ0v) is 20.6. The van der Waals surface area contributed by atoms with Crippen molar-refractivity contribution in [2.75, 3.05) is 5.32 Å². The molecule has 182 valence electrons. The molecule has 7 nitrogen and oxygen atoms in total. The number of halogens is 1. The van der Waals surface area contributed by atoms with Crippen LogP contribution in [-0.4, -0.2) is 13.7 Å². The lowest BCUT2D eigenvalue weighted by Crippen LogP contribution is -2.37. The van der Waals surface area contributed by atoms with Gasteiger partial charge in [0.25, 0.3) is 5.56 Å². The Kier molecular flexibility index (Phi) is 4.67. The van der Waals surface area contributed by atoms with Crippen molar-refractivity contribution >= 4 is 16.6 Å². The topological polar surface area (TPSA) is 74.1 Å². The number of aromatic nitrogens is 3. The van der Waals surface area contributed by atoms with Crippen molar-refractivity contribution in [2.24, 2.45) is 14.1 Å². The first kappa shape index (κ1) is 22.2. The van der Waals surface area contributed by atoms with Crippen LogP contribution >= 0.6 is 0 Å². The largest absolute Gasteiger partial charge is 0.464 e. The molecule has 1 N–H and O–H groups in total. The molecule has 3 aromatic heterocycles. The lowest BCUT2D eigenvalue weighted by atomic mass is 10.0. The van der Waals surface area contributed by atoms with Gasteiger partial charge in [0, 0.05) is 19.7 Å². The maximum atomic E-state index is 15.4. The van der Waals surface area contributed by atoms with Crippen LogP contribution in [0.2, 0.25) is 0 Å². The zero-order chi connectivity index (χ0) is 25.5. The molecule has 0 bridgehead atoms. The molecule has 0 radical (unpaired) electrons. The average Bonchev–Trinajstić information content (AvgIpc) is 3.44. The number of furan rings is 1. The number of hydrogen-bond donors (Lipinski definition) is 1. The molecule has 0 aliphatic carbocycles. The predicted octanol–water partition coefficient (Wildman–Crippen LogP) is 4.87. The minimum atomic E-state index is -0.519. The van der Waals surface area contributed by atoms with Gasteiger partial charge in [-0.15, -0.1) is 0 Å². The SMILES string of the molecule is Cc1ccc([C@@H]2Nc3cc(C)c(C)cc3-n3c(-c4ccccc4F)c4c(=O)n(C)c(=O)n(C)c4c32)o1. The summed E-state index contributed by atoms with van der Waals surface area (Å²) in [6.07, 6.45) is 0. The Morgan fingerprint density at radius 2 is 1.67 bits per heavy atom. The fourth-order valence-electron chi connectivity index (χ4n) is 5.26. The molecule has 6 rings (SSSR count). The summed E-state index contributed by atoms with van der Waals surface area (Å²) >= 11 is 0. The van der Waals surface area contributed by atoms with E-state index in [1.807, 2.05) is 49.6 Å². The van der Waals surface area contributed by atoms with Crippen LogP contribution < -0.4 is 16.6 Å². The molecule has 0 spiro atoms. The van der Waals surface area contributed by atoms with Gasteiger partial charge in [0.15, 0.2) is 0 Å². The van der Waals surface area contributed by atoms with Crippen LogP contribution in [0.4, 0.5) is 10.1 Å². The smallest absolute Gasteiger partial charge is 0.331 e. The summed E-state index contributed by atoms with van der Waals surface area (Å²) in [5.41, 5.74) is 4.58. The summed E-state index contributed by atoms with van der Waals surface area (Å²) in [7, 11) is 3.08. The van der Waals surface area contributed by atoms with Crippen molar-refractivity contribution in [3.05, 3.63) is 104 Å². The third-order valence-electron chi connectivity index (χ3n) is 7.21. The summed E-state index contributed by atoms with van der Waals surface area (Å²) in [5, 5.41) is 3.85. The van der Waals surface area contributed by atoms with Crippen LogP contribution in [0, 0.1) is 26.6 Å². The van der Waals surface area contributed by atoms with Crippen LogP contribution in [0.3, 0.4) is 0 Å². The number of anilines is 1. The van der Waals surface area contributed by atoms with Crippen LogP contribution in [0.1, 0.15) is 34.4 Å². The molecule has 0 amide bonds. The van der Waals surface area contributed by atoms with Crippen molar-refractivity contribution in [2.45, 2.75) is 26.8 Å². The Morgan fingerprint density at radius 3 is 2.36 bits per heavy atom. The molecule has 0 saturated heterocycles. The molecule has 1 aliphatic heterocycles. The molecule has 0 saturated carbocycles. The fraction of sp³-hybridized carbons (Fsp3) is 0.214. The first-order chi connectivity index (χ1) is 17.2. The number of fused-ring (bicyclic) bond motifs is 5. The van der Waals surface area contributed by atoms with Crippen molar-refractivity contribution < 1.29 is 8.81 Å². The van der Waals surface area contributed by atoms with Gasteiger partial charge >= 0.3 is 5.69 Å². The van der Waals surface area contributed by atoms with E-state index in [4.69, 9.17) is 4.42 Å². The average molecular weight is 485 g/mol. The summed E-state index contributed by atoms with van der Waals surface area (Å²) in [6, 6.07) is 13.7. The first-order valence-electron chi connectivity index (χ1n) is 11.7. The minimum Gasteiger partial charge on any atom is -0.464 e. The Labute approximate surface area is 206 Å². The molecule has 5 aromatic rings. The van der Waals surface area contributed by atoms with Crippen LogP contribution in [-0.2, 0) is 14.1 Å². The number of aryl methyl sites for hydroxylation is 4. The maximum Gasteiger partial charge on any atom is 0.331 e. The number of rotatable bonds is 2. The molecule has 8 heteroatoms. The second-order valence-corrected chi connectivity index (χ2v) is 9.46. The van der Waals surface area contributed by atoms with E-state index >= 15 is 4.39 Å². The number of hydrogen-bond acceptors (Lipinski definition) is 4. The van der Waals surface area contributed by atoms with Crippen LogP contribution in [0.5, 0.6) is 0 Å². The predicted molar refractivity (Wildman–Crippen MR) is 138 cm³/mol. The summed E-state index contributed by atoms with van der Waals surface area (Å²) in [4.78, 5) is 26.8. The van der Waals surface area contributed by atoms with E-state index in [1.54, 1.807) is 25.2 Å². The standard InChI is InChI=1S/C28H25FN4O3/c1-14-12-19-20(13-15(14)2)33-24(17-8-6-7-9-18(17)29)22-25(31(4)28(35)32(5)27(22)34)26(33)23(30-19)21-11-10-16(3)36-21/h6-13,23,30H,1-5H3/t23-/m0/s1. The Hall–Kier alpha value is -4.33. The highest BCUT2D eigenvalue weighted by molar-refractivity contribution is 5.99. The van der Waals surface area contributed by atoms with Gasteiger partial charge in [0.05, 0.1) is 33.7 Å². The molecule has 1 aliphatic rings. The normalized spacial score (nSPS) is 14.6. The zero-order valence-electron chi connectivity index (χ0n) is 20.6. The molecule has 0 unspecified atom stereocenters. The van der Waals surface area contributed by atoms with Gasteiger partial charge in [0.2, 0.25) is 0 Å². The van der Waals surface area contributed by atoms with Crippen molar-refractivity contribution in [1.29, 1.82) is 0 Å². The molecule has 4 heterocycles. The lowest BCUT2D eigenvalue weighted by molar-refractivity contribution is 0.469. The second kappa shape index (κ2) is 7.58. The summed E-state index contributed by atoms with van der Waals surface area (Å²) < 4.78 is 25.9. The van der Waals surface area contributed by atoms with Gasteiger partial charge in [-0.05, 0) is 68.3 Å². The van der Waals surface area contributed by atoms with Crippen LogP contribution in [0.15, 0.2) is 62.5 Å². The molecular formula is C28H25FN4O3. The molecule has 2 aromatic carbocycles. The highest BCUT2D eigenvalue weighted by Gasteiger charge is 2.36. The Morgan fingerprint density at radius 1 is 0.944 bits per heavy atom. The fourth-order valence-corrected chi connectivity index (χ4v) is 5.26. The van der Waals surface area contributed by atoms with E-state index in [-0.39, 0.29) is 10.9 Å². The molecule has 36 heavy (non-hydrogen) atoms. The van der Waals surface area contributed by atoms with E-state index < -0.39 is 23.1 Å². The molecule has 1 atom stereocenters. The number of nitrogens with one attached hydrogen (secondary N) is 1. The van der Waals surface area contributed by atoms with Gasteiger partial charge in [-0.1, -0.05) is 12.1 Å². The van der Waals surface area contributed by atoms with E-state index in [9.17, 15) is 9.59 Å². The minimum absolute atomic E-state index is 0.279. The maximum absolute atomic E-state index is 15.4. The van der Waals surface area contributed by atoms with Gasteiger partial charge in [0.1, 0.15) is 23.4 Å². The first-order valence-corrected chi connectivity index (χ1v) is 11.7. The van der Waals surface area contributed by atoms with Crippen molar-refractivity contribution in [1.82, 2.24) is 13.7 Å². The summed E-state index contributed by atoms with van der Waals surface area (Å²) in [6.45, 7) is 5.90. The quantitative estimate of drug-likeness (QED) is 0.388. The monoisotopic (exact) mass is 484 g/mol. The second-order valence-electron chi connectivity index (χ2n) is 9.46. The molecule has 0 fully saturated rings. The third kappa shape index (κ3) is 2.90. The third-order valence-corrected chi connectivity index (χ3v) is 7.21. The van der Waals surface area contributed by atoms with E-state index in [2.05, 4.69) is 5.32 Å². The van der Waals surface area contributed by atoms with E-state index in [1.165, 1.54) is 17.7 Å². The van der Waals surface area contributed by atoms with E-state index in [0.29, 0.717) is 22.7 Å². The molecular weight excluding hydrogens is 459 g/mol. The highest BCUT2D eigenvalue weighted by atomic mass is 19.1. The lowest BCUT2D eigenvalue weighted by Gasteiger charge is -2.30. The number of nitrogens with zero attached hydrogens (tertiary/aromatic N) is 3. The summed E-state index contributed by atoms with van der Waals surface area (Å²) in [5.74, 6) is 0.911. The Bertz CT molecular complexity index is 1840. The van der Waals surface area contributed by atoms with Gasteiger partial charge in [-0.3, -0.25) is 13.9 Å². The van der Waals surface area contributed by atoms with E-state index in [0.717, 1.165) is 32.8 Å². The van der Waals surface area contributed by atoms with Gasteiger partial charge in [-0.25, -0.2) is 9.18 Å². The van der Waals surface area contributed by atoms with Gasteiger partial charge in [-0.2, -0.15) is 0 Å².